The maximum Gasteiger partial charge on any atom is 0.201 e. The highest BCUT2D eigenvalue weighted by molar-refractivity contribution is 5.80. The van der Waals surface area contributed by atoms with Gasteiger partial charge in [-0.05, 0) is 43.9 Å². The van der Waals surface area contributed by atoms with Crippen LogP contribution < -0.4 is 5.73 Å². The molecule has 0 saturated carbocycles. The number of hydrogen-bond donors (Lipinski definition) is 1. The van der Waals surface area contributed by atoms with Crippen LogP contribution in [0, 0.1) is 16.7 Å². The quantitative estimate of drug-likeness (QED) is 0.905. The fourth-order valence-electron chi connectivity index (χ4n) is 3.18. The van der Waals surface area contributed by atoms with E-state index in [-0.39, 0.29) is 11.0 Å². The second-order valence-corrected chi connectivity index (χ2v) is 7.17. The summed E-state index contributed by atoms with van der Waals surface area (Å²) in [4.78, 5) is 4.42. The molecular weight excluding hydrogens is 248 g/mol. The first-order chi connectivity index (χ1) is 9.14. The van der Waals surface area contributed by atoms with Crippen LogP contribution in [0.1, 0.15) is 46.6 Å². The first-order valence-corrected chi connectivity index (χ1v) is 6.83. The molecular formula is C16H22N4. The van der Waals surface area contributed by atoms with Crippen molar-refractivity contribution in [3.63, 3.8) is 0 Å². The zero-order valence-corrected chi connectivity index (χ0v) is 12.9. The molecule has 0 saturated heterocycles. The first kappa shape index (κ1) is 14.4. The molecule has 2 N–H and O–H groups in total. The number of rotatable bonds is 2. The summed E-state index contributed by atoms with van der Waals surface area (Å²) in [7, 11) is 0. The number of hydrogen-bond acceptors (Lipinski definition) is 3. The summed E-state index contributed by atoms with van der Waals surface area (Å²) >= 11 is 0. The Morgan fingerprint density at radius 3 is 2.45 bits per heavy atom. The molecule has 106 valence electrons. The molecule has 0 atom stereocenters. The number of anilines is 1. The molecule has 1 heterocycles. The van der Waals surface area contributed by atoms with Crippen molar-refractivity contribution in [2.24, 2.45) is 5.41 Å². The summed E-state index contributed by atoms with van der Waals surface area (Å²) in [6, 6.07) is 7.67. The van der Waals surface area contributed by atoms with Crippen molar-refractivity contribution >= 4 is 17.0 Å². The molecule has 0 bridgehead atoms. The van der Waals surface area contributed by atoms with Crippen LogP contribution in [0.25, 0.3) is 11.0 Å². The predicted octanol–water partition coefficient (Wildman–Crippen LogP) is 3.66. The van der Waals surface area contributed by atoms with Crippen molar-refractivity contribution < 1.29 is 0 Å². The summed E-state index contributed by atoms with van der Waals surface area (Å²) < 4.78 is 2.05. The van der Waals surface area contributed by atoms with Gasteiger partial charge in [0.05, 0.1) is 22.7 Å². The number of nitriles is 1. The van der Waals surface area contributed by atoms with Crippen molar-refractivity contribution in [1.29, 1.82) is 5.26 Å². The summed E-state index contributed by atoms with van der Waals surface area (Å²) in [5.41, 5.74) is 8.53. The normalized spacial score (nSPS) is 12.6. The first-order valence-electron chi connectivity index (χ1n) is 6.83. The van der Waals surface area contributed by atoms with Gasteiger partial charge >= 0.3 is 0 Å². The van der Waals surface area contributed by atoms with E-state index in [9.17, 15) is 0 Å². The standard InChI is InChI=1S/C16H22N4/c1-15(2,3)10-16(4,5)20-13-8-11(9-17)6-7-12(13)19-14(20)18/h6-8H,10H2,1-5H3,(H2,18,19). The Morgan fingerprint density at radius 2 is 1.90 bits per heavy atom. The maximum atomic E-state index is 9.07. The molecule has 1 aromatic carbocycles. The van der Waals surface area contributed by atoms with Crippen molar-refractivity contribution in [3.05, 3.63) is 23.8 Å². The summed E-state index contributed by atoms with van der Waals surface area (Å²) in [6.45, 7) is 11.0. The third-order valence-electron chi connectivity index (χ3n) is 3.38. The van der Waals surface area contributed by atoms with Crippen LogP contribution in [0.3, 0.4) is 0 Å². The van der Waals surface area contributed by atoms with Gasteiger partial charge in [-0.2, -0.15) is 5.26 Å². The highest BCUT2D eigenvalue weighted by atomic mass is 15.2. The molecule has 2 aromatic rings. The molecule has 0 fully saturated rings. The smallest absolute Gasteiger partial charge is 0.201 e. The number of nitrogens with two attached hydrogens (primary N) is 1. The Hall–Kier alpha value is -2.02. The molecule has 20 heavy (non-hydrogen) atoms. The lowest BCUT2D eigenvalue weighted by atomic mass is 9.81. The Kier molecular flexibility index (Phi) is 3.25. The van der Waals surface area contributed by atoms with Gasteiger partial charge in [-0.1, -0.05) is 20.8 Å². The van der Waals surface area contributed by atoms with E-state index in [1.165, 1.54) is 0 Å². The van der Waals surface area contributed by atoms with E-state index in [4.69, 9.17) is 11.0 Å². The number of benzene rings is 1. The average molecular weight is 270 g/mol. The van der Waals surface area contributed by atoms with E-state index in [2.05, 4.69) is 50.2 Å². The van der Waals surface area contributed by atoms with Crippen molar-refractivity contribution in [2.75, 3.05) is 5.73 Å². The van der Waals surface area contributed by atoms with Crippen LogP contribution in [-0.4, -0.2) is 9.55 Å². The Morgan fingerprint density at radius 1 is 1.25 bits per heavy atom. The third kappa shape index (κ3) is 2.62. The van der Waals surface area contributed by atoms with Crippen LogP contribution in [0.15, 0.2) is 18.2 Å². The van der Waals surface area contributed by atoms with Gasteiger partial charge in [0.15, 0.2) is 0 Å². The fraction of sp³-hybridized carbons (Fsp3) is 0.500. The number of nitrogen functional groups attached to an aromatic ring is 1. The van der Waals surface area contributed by atoms with Crippen molar-refractivity contribution in [2.45, 2.75) is 46.6 Å². The molecule has 0 amide bonds. The van der Waals surface area contributed by atoms with E-state index in [1.807, 2.05) is 12.1 Å². The van der Waals surface area contributed by atoms with Gasteiger partial charge in [-0.3, -0.25) is 0 Å². The Labute approximate surface area is 120 Å². The van der Waals surface area contributed by atoms with Crippen LogP contribution in [0.2, 0.25) is 0 Å². The largest absolute Gasteiger partial charge is 0.369 e. The van der Waals surface area contributed by atoms with Crippen molar-refractivity contribution in [3.8, 4) is 6.07 Å². The summed E-state index contributed by atoms with van der Waals surface area (Å²) in [5.74, 6) is 0.504. The number of fused-ring (bicyclic) bond motifs is 1. The number of aromatic nitrogens is 2. The highest BCUT2D eigenvalue weighted by Crippen LogP contribution is 2.36. The lowest BCUT2D eigenvalue weighted by Gasteiger charge is -2.34. The van der Waals surface area contributed by atoms with Gasteiger partial charge in [-0.25, -0.2) is 4.98 Å². The van der Waals surface area contributed by atoms with Gasteiger partial charge in [-0.15, -0.1) is 0 Å². The molecule has 0 aliphatic heterocycles. The van der Waals surface area contributed by atoms with Crippen LogP contribution >= 0.6 is 0 Å². The van der Waals surface area contributed by atoms with Gasteiger partial charge in [0.1, 0.15) is 0 Å². The zero-order valence-electron chi connectivity index (χ0n) is 12.9. The predicted molar refractivity (Wildman–Crippen MR) is 82.3 cm³/mol. The maximum absolute atomic E-state index is 9.07. The van der Waals surface area contributed by atoms with Crippen LogP contribution in [0.4, 0.5) is 5.95 Å². The molecule has 4 nitrogen and oxygen atoms in total. The molecule has 0 radical (unpaired) electrons. The monoisotopic (exact) mass is 270 g/mol. The molecule has 0 unspecified atom stereocenters. The summed E-state index contributed by atoms with van der Waals surface area (Å²) in [5, 5.41) is 9.07. The molecule has 0 spiro atoms. The average Bonchev–Trinajstić information content (AvgIpc) is 2.60. The minimum Gasteiger partial charge on any atom is -0.369 e. The Balaban J connectivity index is 2.64. The number of imidazole rings is 1. The fourth-order valence-corrected chi connectivity index (χ4v) is 3.18. The van der Waals surface area contributed by atoms with E-state index in [0.717, 1.165) is 17.5 Å². The van der Waals surface area contributed by atoms with Crippen LogP contribution in [0.5, 0.6) is 0 Å². The van der Waals surface area contributed by atoms with E-state index in [1.54, 1.807) is 6.07 Å². The van der Waals surface area contributed by atoms with E-state index >= 15 is 0 Å². The lowest BCUT2D eigenvalue weighted by Crippen LogP contribution is -2.32. The lowest BCUT2D eigenvalue weighted by molar-refractivity contribution is 0.222. The third-order valence-corrected chi connectivity index (χ3v) is 3.38. The molecule has 4 heteroatoms. The van der Waals surface area contributed by atoms with Gasteiger partial charge in [0.2, 0.25) is 5.95 Å². The van der Waals surface area contributed by atoms with Crippen molar-refractivity contribution in [1.82, 2.24) is 9.55 Å². The van der Waals surface area contributed by atoms with Gasteiger partial charge in [0.25, 0.3) is 0 Å². The molecule has 1 aromatic heterocycles. The number of nitrogens with zero attached hydrogens (tertiary/aromatic N) is 3. The minimum absolute atomic E-state index is 0.162. The molecule has 0 aliphatic rings. The van der Waals surface area contributed by atoms with E-state index < -0.39 is 0 Å². The van der Waals surface area contributed by atoms with Gasteiger partial charge < -0.3 is 10.3 Å². The SMILES string of the molecule is CC(C)(C)CC(C)(C)n1c(N)nc2ccc(C#N)cc21. The topological polar surface area (TPSA) is 67.6 Å². The van der Waals surface area contributed by atoms with Crippen LogP contribution in [-0.2, 0) is 5.54 Å². The molecule has 2 rings (SSSR count). The second-order valence-electron chi connectivity index (χ2n) is 7.17. The minimum atomic E-state index is -0.162. The second kappa shape index (κ2) is 4.52. The Bertz CT molecular complexity index is 681. The zero-order chi connectivity index (χ0) is 15.1. The van der Waals surface area contributed by atoms with Gasteiger partial charge in [0, 0.05) is 5.54 Å². The highest BCUT2D eigenvalue weighted by Gasteiger charge is 2.30. The summed E-state index contributed by atoms with van der Waals surface area (Å²) in [6.07, 6.45) is 0.965. The molecule has 0 aliphatic carbocycles. The van der Waals surface area contributed by atoms with E-state index in [0.29, 0.717) is 11.5 Å².